The summed E-state index contributed by atoms with van der Waals surface area (Å²) in [7, 11) is 0. The highest BCUT2D eigenvalue weighted by Crippen LogP contribution is 2.29. The van der Waals surface area contributed by atoms with E-state index in [1.165, 1.54) is 6.07 Å². The first-order chi connectivity index (χ1) is 8.38. The molecule has 0 aliphatic heterocycles. The summed E-state index contributed by atoms with van der Waals surface area (Å²) in [6, 6.07) is 2.01. The van der Waals surface area contributed by atoms with Crippen LogP contribution in [0.5, 0.6) is 0 Å². The van der Waals surface area contributed by atoms with Crippen LogP contribution in [0.15, 0.2) is 30.5 Å². The summed E-state index contributed by atoms with van der Waals surface area (Å²) >= 11 is 0. The van der Waals surface area contributed by atoms with Gasteiger partial charge in [-0.2, -0.15) is 13.2 Å². The summed E-state index contributed by atoms with van der Waals surface area (Å²) in [5.41, 5.74) is 3.20. The number of nitrogens with two attached hydrogens (primary N) is 1. The van der Waals surface area contributed by atoms with Crippen molar-refractivity contribution in [1.82, 2.24) is 10.4 Å². The molecular weight excluding hydrogens is 243 g/mol. The zero-order chi connectivity index (χ0) is 13.8. The van der Waals surface area contributed by atoms with E-state index in [2.05, 4.69) is 17.0 Å². The van der Waals surface area contributed by atoms with Gasteiger partial charge < -0.3 is 0 Å². The molecule has 0 amide bonds. The average molecular weight is 259 g/mol. The highest BCUT2D eigenvalue weighted by molar-refractivity contribution is 5.20. The molecule has 0 aliphatic rings. The minimum atomic E-state index is -4.37. The van der Waals surface area contributed by atoms with Gasteiger partial charge in [0.05, 0.1) is 17.3 Å². The molecule has 3 N–H and O–H groups in total. The van der Waals surface area contributed by atoms with E-state index in [9.17, 15) is 13.2 Å². The highest BCUT2D eigenvalue weighted by atomic mass is 19.4. The van der Waals surface area contributed by atoms with Crippen LogP contribution in [-0.2, 0) is 6.18 Å². The second-order valence-electron chi connectivity index (χ2n) is 4.00. The number of pyridine rings is 1. The minimum Gasteiger partial charge on any atom is -0.271 e. The lowest BCUT2D eigenvalue weighted by Crippen LogP contribution is -2.29. The molecule has 1 rings (SSSR count). The molecule has 1 aromatic heterocycles. The summed E-state index contributed by atoms with van der Waals surface area (Å²) in [5.74, 6) is 5.38. The smallest absolute Gasteiger partial charge is 0.271 e. The number of aromatic nitrogens is 1. The van der Waals surface area contributed by atoms with Crippen LogP contribution in [0, 0.1) is 0 Å². The molecule has 0 radical (unpaired) electrons. The Bertz CT molecular complexity index is 398. The predicted molar refractivity (Wildman–Crippen MR) is 63.4 cm³/mol. The van der Waals surface area contributed by atoms with Gasteiger partial charge in [0.1, 0.15) is 0 Å². The second-order valence-corrected chi connectivity index (χ2v) is 4.00. The molecule has 0 fully saturated rings. The molecule has 0 aliphatic carbocycles. The van der Waals surface area contributed by atoms with E-state index in [0.29, 0.717) is 12.1 Å². The zero-order valence-electron chi connectivity index (χ0n) is 10.1. The van der Waals surface area contributed by atoms with Crippen molar-refractivity contribution in [3.8, 4) is 0 Å². The number of rotatable bonds is 5. The first-order valence-corrected chi connectivity index (χ1v) is 5.54. The van der Waals surface area contributed by atoms with Crippen molar-refractivity contribution in [3.63, 3.8) is 0 Å². The molecule has 1 atom stereocenters. The van der Waals surface area contributed by atoms with Crippen molar-refractivity contribution in [2.45, 2.75) is 32.0 Å². The van der Waals surface area contributed by atoms with Crippen molar-refractivity contribution >= 4 is 0 Å². The third-order valence-corrected chi connectivity index (χ3v) is 2.66. The molecule has 3 nitrogen and oxygen atoms in total. The maximum absolute atomic E-state index is 12.4. The van der Waals surface area contributed by atoms with Crippen LogP contribution >= 0.6 is 0 Å². The maximum Gasteiger partial charge on any atom is 0.417 e. The monoisotopic (exact) mass is 259 g/mol. The van der Waals surface area contributed by atoms with Gasteiger partial charge in [-0.15, -0.1) is 0 Å². The van der Waals surface area contributed by atoms with E-state index in [1.807, 2.05) is 6.92 Å². The number of hydrogen-bond donors (Lipinski definition) is 2. The van der Waals surface area contributed by atoms with Crippen LogP contribution in [0.4, 0.5) is 13.2 Å². The third-order valence-electron chi connectivity index (χ3n) is 2.66. The molecule has 6 heteroatoms. The molecule has 0 aromatic carbocycles. The Morgan fingerprint density at radius 2 is 2.17 bits per heavy atom. The Morgan fingerprint density at radius 3 is 2.56 bits per heavy atom. The number of nitrogens with one attached hydrogen (secondary N) is 1. The summed E-state index contributed by atoms with van der Waals surface area (Å²) < 4.78 is 37.1. The minimum absolute atomic E-state index is 0.320. The van der Waals surface area contributed by atoms with Gasteiger partial charge in [-0.1, -0.05) is 19.1 Å². The number of halogens is 3. The van der Waals surface area contributed by atoms with E-state index in [4.69, 9.17) is 5.84 Å². The fourth-order valence-electron chi connectivity index (χ4n) is 1.46. The van der Waals surface area contributed by atoms with Gasteiger partial charge in [0.15, 0.2) is 0 Å². The summed E-state index contributed by atoms with van der Waals surface area (Å²) in [6.45, 7) is 5.79. The number of hydrazine groups is 1. The molecule has 18 heavy (non-hydrogen) atoms. The number of hydrogen-bond acceptors (Lipinski definition) is 3. The fraction of sp³-hybridized carbons (Fsp3) is 0.417. The molecule has 1 aromatic rings. The lowest BCUT2D eigenvalue weighted by molar-refractivity contribution is -0.137. The Kier molecular flexibility index (Phi) is 4.86. The van der Waals surface area contributed by atoms with Crippen LogP contribution in [-0.4, -0.2) is 4.98 Å². The Labute approximate surface area is 104 Å². The molecule has 0 saturated carbocycles. The molecule has 0 saturated heterocycles. The van der Waals surface area contributed by atoms with E-state index in [-0.39, 0.29) is 6.04 Å². The van der Waals surface area contributed by atoms with E-state index < -0.39 is 11.7 Å². The topological polar surface area (TPSA) is 50.9 Å². The fourth-order valence-corrected chi connectivity index (χ4v) is 1.46. The van der Waals surface area contributed by atoms with Gasteiger partial charge in [-0.05, 0) is 25.0 Å². The normalized spacial score (nSPS) is 13.4. The van der Waals surface area contributed by atoms with Crippen LogP contribution in [0.25, 0.3) is 0 Å². The Morgan fingerprint density at radius 1 is 1.50 bits per heavy atom. The summed E-state index contributed by atoms with van der Waals surface area (Å²) in [4.78, 5) is 3.80. The molecule has 100 valence electrons. The van der Waals surface area contributed by atoms with Gasteiger partial charge in [0.25, 0.3) is 0 Å². The number of nitrogens with zero attached hydrogens (tertiary/aromatic N) is 1. The van der Waals surface area contributed by atoms with Gasteiger partial charge in [0.2, 0.25) is 0 Å². The molecule has 1 heterocycles. The first-order valence-electron chi connectivity index (χ1n) is 5.54. The quantitative estimate of drug-likeness (QED) is 0.485. The van der Waals surface area contributed by atoms with Gasteiger partial charge in [-0.25, -0.2) is 0 Å². The van der Waals surface area contributed by atoms with Crippen LogP contribution in [0.1, 0.15) is 37.1 Å². The molecular formula is C12H16F3N3. The lowest BCUT2D eigenvalue weighted by Gasteiger charge is -2.16. The average Bonchev–Trinajstić information content (AvgIpc) is 2.34. The van der Waals surface area contributed by atoms with Crippen LogP contribution in [0.3, 0.4) is 0 Å². The second kappa shape index (κ2) is 5.97. The van der Waals surface area contributed by atoms with E-state index in [0.717, 1.165) is 24.3 Å². The van der Waals surface area contributed by atoms with Gasteiger partial charge in [-0.3, -0.25) is 16.3 Å². The van der Waals surface area contributed by atoms with E-state index >= 15 is 0 Å². The molecule has 1 unspecified atom stereocenters. The standard InChI is InChI=1S/C12H16F3N3/c1-3-8(2)6-11(18-16)10-5-4-9(7-17-10)12(13,14)15/h4-5,7,11,18H,2-3,6,16H2,1H3. The maximum atomic E-state index is 12.4. The van der Waals surface area contributed by atoms with Crippen molar-refractivity contribution in [1.29, 1.82) is 0 Å². The Hall–Kier alpha value is -1.40. The van der Waals surface area contributed by atoms with Crippen molar-refractivity contribution in [2.24, 2.45) is 5.84 Å². The SMILES string of the molecule is C=C(CC)CC(NN)c1ccc(C(F)(F)F)cn1. The highest BCUT2D eigenvalue weighted by Gasteiger charge is 2.30. The van der Waals surface area contributed by atoms with Crippen molar-refractivity contribution < 1.29 is 13.2 Å². The summed E-state index contributed by atoms with van der Waals surface area (Å²) in [5, 5.41) is 0. The predicted octanol–water partition coefficient (Wildman–Crippen LogP) is 2.96. The van der Waals surface area contributed by atoms with Gasteiger partial charge in [0, 0.05) is 6.20 Å². The van der Waals surface area contributed by atoms with E-state index in [1.54, 1.807) is 0 Å². The van der Waals surface area contributed by atoms with Crippen molar-refractivity contribution in [3.05, 3.63) is 41.7 Å². The first kappa shape index (κ1) is 14.7. The van der Waals surface area contributed by atoms with Crippen LogP contribution < -0.4 is 11.3 Å². The molecule has 0 spiro atoms. The Balaban J connectivity index is 2.85. The zero-order valence-corrected chi connectivity index (χ0v) is 10.1. The molecule has 0 bridgehead atoms. The summed E-state index contributed by atoms with van der Waals surface area (Å²) in [6.07, 6.45) is -2.22. The third kappa shape index (κ3) is 3.82. The van der Waals surface area contributed by atoms with Crippen LogP contribution in [0.2, 0.25) is 0 Å². The number of alkyl halides is 3. The van der Waals surface area contributed by atoms with Gasteiger partial charge >= 0.3 is 6.18 Å². The lowest BCUT2D eigenvalue weighted by atomic mass is 10.0. The van der Waals surface area contributed by atoms with Crippen molar-refractivity contribution in [2.75, 3.05) is 0 Å². The largest absolute Gasteiger partial charge is 0.417 e.